The van der Waals surface area contributed by atoms with E-state index in [-0.39, 0.29) is 6.61 Å². The van der Waals surface area contributed by atoms with Crippen molar-refractivity contribution in [2.75, 3.05) is 19.0 Å². The second-order valence-electron chi connectivity index (χ2n) is 4.63. The summed E-state index contributed by atoms with van der Waals surface area (Å²) < 4.78 is 23.4. The fraction of sp³-hybridized carbons (Fsp3) is 0.364. The number of fused-ring (bicyclic) bond motifs is 1. The van der Waals surface area contributed by atoms with Crippen molar-refractivity contribution in [2.45, 2.75) is 12.3 Å². The number of nitrogens with two attached hydrogens (primary N) is 1. The molecule has 0 spiro atoms. The molecule has 0 aromatic carbocycles. The van der Waals surface area contributed by atoms with E-state index in [1.165, 1.54) is 6.33 Å². The molecule has 9 nitrogen and oxygen atoms in total. The number of nitrogen functional groups attached to an aromatic ring is 1. The zero-order chi connectivity index (χ0) is 15.0. The molecule has 3 heterocycles. The largest absolute Gasteiger partial charge is 0.382 e. The number of anilines is 1. The topological polar surface area (TPSA) is 125 Å². The molecule has 1 unspecified atom stereocenters. The van der Waals surface area contributed by atoms with Gasteiger partial charge in [-0.25, -0.2) is 15.0 Å². The van der Waals surface area contributed by atoms with Crippen molar-refractivity contribution in [1.29, 1.82) is 0 Å². The summed E-state index contributed by atoms with van der Waals surface area (Å²) >= 11 is 0. The van der Waals surface area contributed by atoms with Crippen LogP contribution >= 0.6 is 7.60 Å². The monoisotopic (exact) mass is 311 g/mol. The van der Waals surface area contributed by atoms with Crippen molar-refractivity contribution in [3.05, 3.63) is 24.8 Å². The quantitative estimate of drug-likeness (QED) is 0.624. The van der Waals surface area contributed by atoms with Crippen LogP contribution < -0.4 is 5.73 Å². The van der Waals surface area contributed by atoms with Crippen LogP contribution in [0.2, 0.25) is 0 Å². The smallest absolute Gasteiger partial charge is 0.325 e. The highest BCUT2D eigenvalue weighted by atomic mass is 31.2. The summed E-state index contributed by atoms with van der Waals surface area (Å²) in [4.78, 5) is 21.3. The van der Waals surface area contributed by atoms with Gasteiger partial charge >= 0.3 is 7.60 Å². The summed E-state index contributed by atoms with van der Waals surface area (Å²) in [6.07, 6.45) is 5.64. The van der Waals surface area contributed by atoms with Crippen LogP contribution in [0.4, 0.5) is 5.82 Å². The van der Waals surface area contributed by atoms with Gasteiger partial charge in [0.15, 0.2) is 17.7 Å². The minimum absolute atomic E-state index is 0.00102. The van der Waals surface area contributed by atoms with E-state index in [1.54, 1.807) is 23.0 Å². The van der Waals surface area contributed by atoms with Crippen LogP contribution in [0.25, 0.3) is 11.2 Å². The highest BCUT2D eigenvalue weighted by Gasteiger charge is 2.25. The van der Waals surface area contributed by atoms with Gasteiger partial charge in [-0.05, 0) is 6.08 Å². The van der Waals surface area contributed by atoms with Crippen molar-refractivity contribution >= 4 is 24.6 Å². The van der Waals surface area contributed by atoms with Gasteiger partial charge in [-0.15, -0.1) is 0 Å². The van der Waals surface area contributed by atoms with Gasteiger partial charge in [-0.1, -0.05) is 6.08 Å². The zero-order valence-corrected chi connectivity index (χ0v) is 12.1. The Morgan fingerprint density at radius 1 is 1.48 bits per heavy atom. The van der Waals surface area contributed by atoms with Crippen LogP contribution in [-0.4, -0.2) is 43.8 Å². The van der Waals surface area contributed by atoms with Crippen molar-refractivity contribution < 1.29 is 18.7 Å². The van der Waals surface area contributed by atoms with E-state index in [9.17, 15) is 4.57 Å². The summed E-state index contributed by atoms with van der Waals surface area (Å²) in [5.74, 6) is 0.299. The van der Waals surface area contributed by atoms with Crippen molar-refractivity contribution in [3.8, 4) is 0 Å². The van der Waals surface area contributed by atoms with Crippen molar-refractivity contribution in [1.82, 2.24) is 19.5 Å². The van der Waals surface area contributed by atoms with E-state index in [4.69, 9.17) is 19.9 Å². The lowest BCUT2D eigenvalue weighted by Crippen LogP contribution is -2.16. The molecule has 1 aliphatic heterocycles. The molecule has 2 aromatic rings. The first-order chi connectivity index (χ1) is 9.94. The van der Waals surface area contributed by atoms with Gasteiger partial charge in [0.2, 0.25) is 0 Å². The molecule has 3 N–H and O–H groups in total. The molecule has 3 atom stereocenters. The second-order valence-corrected chi connectivity index (χ2v) is 6.50. The Morgan fingerprint density at radius 3 is 3.05 bits per heavy atom. The zero-order valence-electron chi connectivity index (χ0n) is 11.2. The van der Waals surface area contributed by atoms with Crippen LogP contribution in [0.3, 0.4) is 0 Å². The van der Waals surface area contributed by atoms with E-state index in [0.717, 1.165) is 6.66 Å². The Morgan fingerprint density at radius 2 is 2.29 bits per heavy atom. The Labute approximate surface area is 120 Å². The van der Waals surface area contributed by atoms with E-state index < -0.39 is 19.9 Å². The lowest BCUT2D eigenvalue weighted by Gasteiger charge is -2.16. The van der Waals surface area contributed by atoms with Crippen LogP contribution in [0.15, 0.2) is 24.8 Å². The molecule has 0 radical (unpaired) electrons. The fourth-order valence-corrected chi connectivity index (χ4v) is 2.43. The molecule has 112 valence electrons. The number of nitrogens with zero attached hydrogens (tertiary/aromatic N) is 4. The first-order valence-corrected chi connectivity index (χ1v) is 8.18. The van der Waals surface area contributed by atoms with E-state index in [2.05, 4.69) is 15.0 Å². The summed E-state index contributed by atoms with van der Waals surface area (Å²) in [5, 5.41) is 0. The lowest BCUT2D eigenvalue weighted by molar-refractivity contribution is -0.00284. The predicted molar refractivity (Wildman–Crippen MR) is 74.5 cm³/mol. The molecule has 0 aliphatic carbocycles. The highest BCUT2D eigenvalue weighted by Crippen LogP contribution is 2.37. The molecule has 0 fully saturated rings. The van der Waals surface area contributed by atoms with Crippen molar-refractivity contribution in [3.63, 3.8) is 0 Å². The normalized spacial score (nSPS) is 24.5. The number of aromatic nitrogens is 4. The molecular formula is C11H14N5O4P. The maximum absolute atomic E-state index is 11.1. The summed E-state index contributed by atoms with van der Waals surface area (Å²) in [6.45, 7) is 1.13. The maximum atomic E-state index is 11.1. The van der Waals surface area contributed by atoms with E-state index in [1.807, 2.05) is 0 Å². The molecule has 0 saturated carbocycles. The first kappa shape index (κ1) is 14.2. The van der Waals surface area contributed by atoms with Crippen LogP contribution in [0.5, 0.6) is 0 Å². The maximum Gasteiger partial charge on any atom is 0.325 e. The van der Waals surface area contributed by atoms with E-state index in [0.29, 0.717) is 17.0 Å². The fourth-order valence-electron chi connectivity index (χ4n) is 2.01. The third-order valence-corrected chi connectivity index (χ3v) is 3.57. The second kappa shape index (κ2) is 5.19. The van der Waals surface area contributed by atoms with Gasteiger partial charge in [0.25, 0.3) is 0 Å². The van der Waals surface area contributed by atoms with Gasteiger partial charge in [-0.2, -0.15) is 0 Å². The molecule has 0 saturated heterocycles. The average Bonchev–Trinajstić information content (AvgIpc) is 3.02. The molecular weight excluding hydrogens is 297 g/mol. The summed E-state index contributed by atoms with van der Waals surface area (Å²) in [7, 11) is -3.51. The molecule has 0 amide bonds. The molecule has 0 bridgehead atoms. The number of ether oxygens (including phenoxy) is 1. The lowest BCUT2D eigenvalue weighted by atomic mass is 10.4. The minimum Gasteiger partial charge on any atom is -0.382 e. The highest BCUT2D eigenvalue weighted by molar-refractivity contribution is 7.51. The van der Waals surface area contributed by atoms with Gasteiger partial charge in [0.1, 0.15) is 17.9 Å². The Hall–Kier alpha value is -1.80. The van der Waals surface area contributed by atoms with Crippen LogP contribution in [-0.2, 0) is 13.8 Å². The third kappa shape index (κ3) is 2.96. The molecule has 2 aromatic heterocycles. The van der Waals surface area contributed by atoms with Gasteiger partial charge in [-0.3, -0.25) is 9.13 Å². The van der Waals surface area contributed by atoms with Crippen LogP contribution in [0, 0.1) is 0 Å². The van der Waals surface area contributed by atoms with Crippen molar-refractivity contribution in [2.24, 2.45) is 0 Å². The number of hydrogen-bond acceptors (Lipinski definition) is 7. The average molecular weight is 311 g/mol. The Balaban J connectivity index is 1.75. The summed E-state index contributed by atoms with van der Waals surface area (Å²) in [6, 6.07) is 0. The third-order valence-electron chi connectivity index (χ3n) is 2.94. The Bertz CT molecular complexity index is 739. The van der Waals surface area contributed by atoms with Crippen LogP contribution in [0.1, 0.15) is 6.23 Å². The van der Waals surface area contributed by atoms with Gasteiger partial charge in [0, 0.05) is 6.66 Å². The van der Waals surface area contributed by atoms with Gasteiger partial charge < -0.3 is 19.9 Å². The molecule has 21 heavy (non-hydrogen) atoms. The Kier molecular flexibility index (Phi) is 3.50. The number of imidazole rings is 1. The summed E-state index contributed by atoms with van der Waals surface area (Å²) in [5.41, 5.74) is 6.79. The standard InChI is InChI=1S/C11H14N5O4P/c1-21(17,18)19-4-7-2-3-8(20-7)16-6-15-9-10(12)13-5-14-11(9)16/h2-3,5-8H,4H2,1H3,(H,17,18)(H2,12,13,14)/t7-,8+/m0/s1. The SMILES string of the molecule is CP(=O)(O)OC[C@@H]1C=C[C@H](n2cnc3c(N)ncnc32)O1. The number of hydrogen-bond donors (Lipinski definition) is 2. The number of rotatable bonds is 4. The first-order valence-electron chi connectivity index (χ1n) is 6.15. The van der Waals surface area contributed by atoms with Gasteiger partial charge in [0.05, 0.1) is 12.9 Å². The minimum atomic E-state index is -3.51. The predicted octanol–water partition coefficient (Wildman–Crippen LogP) is 0.694. The van der Waals surface area contributed by atoms with E-state index >= 15 is 0 Å². The molecule has 1 aliphatic rings. The molecule has 3 rings (SSSR count). The molecule has 10 heteroatoms.